The average molecular weight is 332 g/mol. The zero-order valence-corrected chi connectivity index (χ0v) is 12.4. The number of hydrogen-bond donors (Lipinski definition) is 1. The van der Waals surface area contributed by atoms with Gasteiger partial charge in [-0.2, -0.15) is 18.4 Å². The van der Waals surface area contributed by atoms with Gasteiger partial charge in [0, 0.05) is 12.0 Å². The van der Waals surface area contributed by atoms with Crippen molar-refractivity contribution in [2.75, 3.05) is 0 Å². The molecular weight excluding hydrogens is 317 g/mol. The standard InChI is InChI=1S/C14H15F3N2O2S/c15-14(16,17)11-3-7-13(8-4-11)22(20,21)19-12-5-1-10(9-18)2-6-12/h3-4,7-8,10,12,19H,1-2,5-6H2/t10-,12-. The van der Waals surface area contributed by atoms with E-state index in [4.69, 9.17) is 5.26 Å². The molecule has 1 aliphatic carbocycles. The van der Waals surface area contributed by atoms with E-state index in [2.05, 4.69) is 10.8 Å². The van der Waals surface area contributed by atoms with Crippen LogP contribution in [0.3, 0.4) is 0 Å². The van der Waals surface area contributed by atoms with Crippen molar-refractivity contribution in [2.24, 2.45) is 5.92 Å². The Kier molecular flexibility index (Phi) is 4.78. The van der Waals surface area contributed by atoms with Gasteiger partial charge in [0.1, 0.15) is 0 Å². The smallest absolute Gasteiger partial charge is 0.208 e. The largest absolute Gasteiger partial charge is 0.416 e. The van der Waals surface area contributed by atoms with Crippen LogP contribution in [0.25, 0.3) is 0 Å². The van der Waals surface area contributed by atoms with Gasteiger partial charge < -0.3 is 0 Å². The van der Waals surface area contributed by atoms with Crippen molar-refractivity contribution >= 4 is 10.0 Å². The highest BCUT2D eigenvalue weighted by Crippen LogP contribution is 2.30. The van der Waals surface area contributed by atoms with E-state index in [1.807, 2.05) is 0 Å². The molecule has 0 spiro atoms. The molecule has 0 saturated heterocycles. The molecule has 1 saturated carbocycles. The first kappa shape index (κ1) is 16.8. The number of sulfonamides is 1. The SMILES string of the molecule is N#C[C@H]1CC[C@H](NS(=O)(=O)c2ccc(C(F)(F)F)cc2)CC1. The molecule has 22 heavy (non-hydrogen) atoms. The summed E-state index contributed by atoms with van der Waals surface area (Å²) in [6.07, 6.45) is -2.14. The third-order valence-electron chi connectivity index (χ3n) is 3.72. The minimum atomic E-state index is -4.49. The highest BCUT2D eigenvalue weighted by Gasteiger charge is 2.31. The Balaban J connectivity index is 2.06. The molecule has 1 N–H and O–H groups in total. The van der Waals surface area contributed by atoms with E-state index in [-0.39, 0.29) is 16.9 Å². The topological polar surface area (TPSA) is 70.0 Å². The lowest BCUT2D eigenvalue weighted by Crippen LogP contribution is -2.37. The van der Waals surface area contributed by atoms with Gasteiger partial charge in [-0.15, -0.1) is 0 Å². The van der Waals surface area contributed by atoms with Crippen molar-refractivity contribution in [3.63, 3.8) is 0 Å². The maximum absolute atomic E-state index is 12.5. The zero-order chi connectivity index (χ0) is 16.4. The van der Waals surface area contributed by atoms with Gasteiger partial charge in [-0.3, -0.25) is 0 Å². The molecule has 1 aromatic rings. The predicted octanol–water partition coefficient (Wildman–Crippen LogP) is 3.07. The minimum absolute atomic E-state index is 0.0492. The molecule has 1 aromatic carbocycles. The fourth-order valence-electron chi connectivity index (χ4n) is 2.45. The van der Waals surface area contributed by atoms with Gasteiger partial charge in [-0.1, -0.05) is 0 Å². The van der Waals surface area contributed by atoms with Gasteiger partial charge in [0.2, 0.25) is 10.0 Å². The second kappa shape index (κ2) is 6.26. The molecule has 0 amide bonds. The van der Waals surface area contributed by atoms with Crippen LogP contribution < -0.4 is 4.72 Å². The van der Waals surface area contributed by atoms with Gasteiger partial charge in [-0.05, 0) is 49.9 Å². The Morgan fingerprint density at radius 3 is 2.09 bits per heavy atom. The summed E-state index contributed by atoms with van der Waals surface area (Å²) in [5.74, 6) is -0.0492. The molecule has 4 nitrogen and oxygen atoms in total. The summed E-state index contributed by atoms with van der Waals surface area (Å²) in [6.45, 7) is 0. The summed E-state index contributed by atoms with van der Waals surface area (Å²) in [5, 5.41) is 8.80. The first-order chi connectivity index (χ1) is 10.2. The summed E-state index contributed by atoms with van der Waals surface area (Å²) >= 11 is 0. The molecule has 0 bridgehead atoms. The summed E-state index contributed by atoms with van der Waals surface area (Å²) in [6, 6.07) is 5.28. The zero-order valence-electron chi connectivity index (χ0n) is 11.6. The summed E-state index contributed by atoms with van der Waals surface area (Å²) in [7, 11) is -3.85. The van der Waals surface area contributed by atoms with E-state index < -0.39 is 21.8 Å². The van der Waals surface area contributed by atoms with Crippen molar-refractivity contribution in [2.45, 2.75) is 42.8 Å². The monoisotopic (exact) mass is 332 g/mol. The number of nitriles is 1. The molecule has 120 valence electrons. The number of halogens is 3. The van der Waals surface area contributed by atoms with E-state index in [1.165, 1.54) is 0 Å². The van der Waals surface area contributed by atoms with Gasteiger partial charge in [-0.25, -0.2) is 13.1 Å². The minimum Gasteiger partial charge on any atom is -0.208 e. The van der Waals surface area contributed by atoms with Crippen molar-refractivity contribution in [1.82, 2.24) is 4.72 Å². The quantitative estimate of drug-likeness (QED) is 0.925. The van der Waals surface area contributed by atoms with Crippen LogP contribution >= 0.6 is 0 Å². The highest BCUT2D eigenvalue weighted by atomic mass is 32.2. The lowest BCUT2D eigenvalue weighted by molar-refractivity contribution is -0.137. The fourth-order valence-corrected chi connectivity index (χ4v) is 3.76. The summed E-state index contributed by atoms with van der Waals surface area (Å²) in [5.41, 5.74) is -0.888. The van der Waals surface area contributed by atoms with Crippen molar-refractivity contribution in [3.05, 3.63) is 29.8 Å². The molecule has 2 rings (SSSR count). The first-order valence-corrected chi connectivity index (χ1v) is 8.30. The van der Waals surface area contributed by atoms with Crippen LogP contribution in [0.4, 0.5) is 13.2 Å². The molecule has 1 fully saturated rings. The van der Waals surface area contributed by atoms with E-state index >= 15 is 0 Å². The molecule has 1 aliphatic rings. The van der Waals surface area contributed by atoms with Crippen LogP contribution in [-0.2, 0) is 16.2 Å². The lowest BCUT2D eigenvalue weighted by atomic mass is 9.88. The van der Waals surface area contributed by atoms with Crippen LogP contribution in [0, 0.1) is 17.2 Å². The number of rotatable bonds is 3. The van der Waals surface area contributed by atoms with Crippen LogP contribution in [-0.4, -0.2) is 14.5 Å². The Hall–Kier alpha value is -1.59. The average Bonchev–Trinajstić information content (AvgIpc) is 2.47. The summed E-state index contributed by atoms with van der Waals surface area (Å²) in [4.78, 5) is -0.192. The normalized spacial score (nSPS) is 23.0. The molecule has 0 radical (unpaired) electrons. The van der Waals surface area contributed by atoms with E-state index in [1.54, 1.807) is 0 Å². The number of hydrogen-bond acceptors (Lipinski definition) is 3. The van der Waals surface area contributed by atoms with E-state index in [0.717, 1.165) is 24.3 Å². The molecule has 0 atom stereocenters. The van der Waals surface area contributed by atoms with Gasteiger partial charge >= 0.3 is 6.18 Å². The number of alkyl halides is 3. The van der Waals surface area contributed by atoms with E-state index in [9.17, 15) is 21.6 Å². The summed E-state index contributed by atoms with van der Waals surface area (Å²) < 4.78 is 64.2. The Morgan fingerprint density at radius 1 is 1.09 bits per heavy atom. The molecular formula is C14H15F3N2O2S. The number of nitrogens with zero attached hydrogens (tertiary/aromatic N) is 1. The van der Waals surface area contributed by atoms with Crippen LogP contribution in [0.2, 0.25) is 0 Å². The van der Waals surface area contributed by atoms with Gasteiger partial charge in [0.15, 0.2) is 0 Å². The second-order valence-electron chi connectivity index (χ2n) is 5.32. The first-order valence-electron chi connectivity index (χ1n) is 6.81. The highest BCUT2D eigenvalue weighted by molar-refractivity contribution is 7.89. The Bertz CT molecular complexity index is 655. The molecule has 8 heteroatoms. The molecule has 0 heterocycles. The fraction of sp³-hybridized carbons (Fsp3) is 0.500. The van der Waals surface area contributed by atoms with Crippen molar-refractivity contribution in [1.29, 1.82) is 5.26 Å². The number of nitrogens with one attached hydrogen (secondary N) is 1. The predicted molar refractivity (Wildman–Crippen MR) is 73.1 cm³/mol. The molecule has 0 aliphatic heterocycles. The third-order valence-corrected chi connectivity index (χ3v) is 5.26. The lowest BCUT2D eigenvalue weighted by Gasteiger charge is -2.25. The second-order valence-corrected chi connectivity index (χ2v) is 7.04. The van der Waals surface area contributed by atoms with Gasteiger partial charge in [0.05, 0.1) is 16.5 Å². The maximum Gasteiger partial charge on any atom is 0.416 e. The van der Waals surface area contributed by atoms with Gasteiger partial charge in [0.25, 0.3) is 0 Å². The Labute approximate surface area is 127 Å². The van der Waals surface area contributed by atoms with Crippen LogP contribution in [0.1, 0.15) is 31.2 Å². The number of benzene rings is 1. The molecule has 0 unspecified atom stereocenters. The van der Waals surface area contributed by atoms with Crippen molar-refractivity contribution in [3.8, 4) is 6.07 Å². The van der Waals surface area contributed by atoms with Crippen molar-refractivity contribution < 1.29 is 21.6 Å². The third kappa shape index (κ3) is 3.99. The van der Waals surface area contributed by atoms with Crippen LogP contribution in [0.15, 0.2) is 29.2 Å². The molecule has 0 aromatic heterocycles. The van der Waals surface area contributed by atoms with Crippen LogP contribution in [0.5, 0.6) is 0 Å². The van der Waals surface area contributed by atoms with E-state index in [0.29, 0.717) is 25.7 Å². The Morgan fingerprint density at radius 2 is 1.64 bits per heavy atom. The maximum atomic E-state index is 12.5.